The molecule has 0 saturated heterocycles. The van der Waals surface area contributed by atoms with Gasteiger partial charge in [0, 0.05) is 25.0 Å². The van der Waals surface area contributed by atoms with Gasteiger partial charge in [-0.3, -0.25) is 13.9 Å². The fraction of sp³-hybridized carbons (Fsp3) is 0.517. The Morgan fingerprint density at radius 1 is 1.00 bits per heavy atom. The van der Waals surface area contributed by atoms with Crippen molar-refractivity contribution in [3.05, 3.63) is 64.7 Å². The van der Waals surface area contributed by atoms with Crippen LogP contribution in [0, 0.1) is 20.8 Å². The third kappa shape index (κ3) is 9.18. The molecule has 8 heteroatoms. The first-order valence-electron chi connectivity index (χ1n) is 12.8. The summed E-state index contributed by atoms with van der Waals surface area (Å²) in [5, 5.41) is 3.01. The van der Waals surface area contributed by atoms with Crippen LogP contribution in [0.15, 0.2) is 42.5 Å². The first-order valence-corrected chi connectivity index (χ1v) is 14.7. The summed E-state index contributed by atoms with van der Waals surface area (Å²) in [5.41, 5.74) is 4.14. The molecule has 0 aliphatic rings. The predicted molar refractivity (Wildman–Crippen MR) is 151 cm³/mol. The van der Waals surface area contributed by atoms with Crippen LogP contribution in [0.4, 0.5) is 5.69 Å². The molecule has 0 fully saturated rings. The van der Waals surface area contributed by atoms with E-state index in [1.807, 2.05) is 90.9 Å². The van der Waals surface area contributed by atoms with Crippen molar-refractivity contribution < 1.29 is 18.0 Å². The van der Waals surface area contributed by atoms with Crippen LogP contribution in [0.1, 0.15) is 69.2 Å². The lowest BCUT2D eigenvalue weighted by molar-refractivity contribution is -0.142. The van der Waals surface area contributed by atoms with Gasteiger partial charge in [0.25, 0.3) is 0 Å². The Balaban J connectivity index is 2.28. The first-order chi connectivity index (χ1) is 17.1. The van der Waals surface area contributed by atoms with Crippen LogP contribution < -0.4 is 9.62 Å². The molecule has 2 rings (SSSR count). The van der Waals surface area contributed by atoms with Gasteiger partial charge in [-0.15, -0.1) is 0 Å². The minimum atomic E-state index is -3.53. The topological polar surface area (TPSA) is 86.8 Å². The molecule has 0 heterocycles. The number of aryl methyl sites for hydroxylation is 3. The average molecular weight is 530 g/mol. The van der Waals surface area contributed by atoms with Crippen molar-refractivity contribution >= 4 is 27.5 Å². The third-order valence-electron chi connectivity index (χ3n) is 6.13. The molecule has 2 aromatic carbocycles. The Kier molecular flexibility index (Phi) is 10.3. The quantitative estimate of drug-likeness (QED) is 0.449. The van der Waals surface area contributed by atoms with Crippen molar-refractivity contribution in [3.63, 3.8) is 0 Å². The Morgan fingerprint density at radius 2 is 1.59 bits per heavy atom. The highest BCUT2D eigenvalue weighted by Crippen LogP contribution is 2.23. The van der Waals surface area contributed by atoms with Crippen molar-refractivity contribution in [2.75, 3.05) is 17.1 Å². The molecule has 204 valence electrons. The van der Waals surface area contributed by atoms with Gasteiger partial charge < -0.3 is 10.2 Å². The van der Waals surface area contributed by atoms with E-state index in [1.54, 1.807) is 4.90 Å². The zero-order valence-electron chi connectivity index (χ0n) is 23.6. The van der Waals surface area contributed by atoms with Crippen LogP contribution in [0.25, 0.3) is 0 Å². The molecule has 0 spiro atoms. The standard InChI is InChI=1S/C29H43N3O4S/c1-9-26(28(34)30-29(5,6)7)31(20-24-14-11-10-13-23(24)4)27(33)15-12-16-32(37(8,35)36)25-18-21(2)17-22(3)19-25/h10-11,13-14,17-19,26H,9,12,15-16,20H2,1-8H3,(H,30,34)/t26-/m0/s1. The van der Waals surface area contributed by atoms with E-state index in [0.29, 0.717) is 25.1 Å². The highest BCUT2D eigenvalue weighted by Gasteiger charge is 2.31. The lowest BCUT2D eigenvalue weighted by Crippen LogP contribution is -2.53. The minimum Gasteiger partial charge on any atom is -0.350 e. The molecule has 1 atom stereocenters. The second kappa shape index (κ2) is 12.6. The molecule has 0 aliphatic heterocycles. The summed E-state index contributed by atoms with van der Waals surface area (Å²) < 4.78 is 26.6. The predicted octanol–water partition coefficient (Wildman–Crippen LogP) is 4.88. The van der Waals surface area contributed by atoms with E-state index in [2.05, 4.69) is 5.32 Å². The molecule has 0 unspecified atom stereocenters. The summed E-state index contributed by atoms with van der Waals surface area (Å²) in [7, 11) is -3.53. The summed E-state index contributed by atoms with van der Waals surface area (Å²) in [6.45, 7) is 14.0. The van der Waals surface area contributed by atoms with Gasteiger partial charge in [-0.25, -0.2) is 8.42 Å². The van der Waals surface area contributed by atoms with E-state index < -0.39 is 21.6 Å². The van der Waals surface area contributed by atoms with Crippen molar-refractivity contribution in [1.82, 2.24) is 10.2 Å². The molecule has 37 heavy (non-hydrogen) atoms. The Morgan fingerprint density at radius 3 is 2.11 bits per heavy atom. The van der Waals surface area contributed by atoms with Crippen LogP contribution in [0.3, 0.4) is 0 Å². The van der Waals surface area contributed by atoms with E-state index in [1.165, 1.54) is 10.6 Å². The van der Waals surface area contributed by atoms with Gasteiger partial charge >= 0.3 is 0 Å². The van der Waals surface area contributed by atoms with Gasteiger partial charge in [0.2, 0.25) is 21.8 Å². The maximum absolute atomic E-state index is 13.6. The number of rotatable bonds is 11. The first kappa shape index (κ1) is 30.4. The van der Waals surface area contributed by atoms with Gasteiger partial charge in [0.15, 0.2) is 0 Å². The van der Waals surface area contributed by atoms with E-state index >= 15 is 0 Å². The van der Waals surface area contributed by atoms with Crippen molar-refractivity contribution in [2.24, 2.45) is 0 Å². The van der Waals surface area contributed by atoms with Crippen LogP contribution in [0.2, 0.25) is 0 Å². The van der Waals surface area contributed by atoms with Gasteiger partial charge in [0.1, 0.15) is 6.04 Å². The fourth-order valence-corrected chi connectivity index (χ4v) is 5.39. The smallest absolute Gasteiger partial charge is 0.243 e. The zero-order valence-corrected chi connectivity index (χ0v) is 24.4. The maximum atomic E-state index is 13.6. The molecule has 1 N–H and O–H groups in total. The highest BCUT2D eigenvalue weighted by molar-refractivity contribution is 7.92. The Hall–Kier alpha value is -2.87. The van der Waals surface area contributed by atoms with E-state index in [9.17, 15) is 18.0 Å². The second-order valence-electron chi connectivity index (χ2n) is 10.9. The number of hydrogen-bond donors (Lipinski definition) is 1. The number of benzene rings is 2. The zero-order chi connectivity index (χ0) is 28.0. The monoisotopic (exact) mass is 529 g/mol. The number of anilines is 1. The van der Waals surface area contributed by atoms with E-state index in [-0.39, 0.29) is 24.8 Å². The molecular formula is C29H43N3O4S. The molecule has 0 aromatic heterocycles. The van der Waals surface area contributed by atoms with Gasteiger partial charge in [-0.1, -0.05) is 37.3 Å². The van der Waals surface area contributed by atoms with Crippen molar-refractivity contribution in [1.29, 1.82) is 0 Å². The molecule has 0 saturated carbocycles. The molecular weight excluding hydrogens is 486 g/mol. The summed E-state index contributed by atoms with van der Waals surface area (Å²) in [5.74, 6) is -0.363. The third-order valence-corrected chi connectivity index (χ3v) is 7.33. The summed E-state index contributed by atoms with van der Waals surface area (Å²) in [6.07, 6.45) is 2.11. The number of sulfonamides is 1. The highest BCUT2D eigenvalue weighted by atomic mass is 32.2. The molecule has 2 aromatic rings. The Labute approximate surface area is 223 Å². The fourth-order valence-electron chi connectivity index (χ4n) is 4.44. The normalized spacial score (nSPS) is 12.6. The second-order valence-corrected chi connectivity index (χ2v) is 12.8. The Bertz CT molecular complexity index is 1180. The maximum Gasteiger partial charge on any atom is 0.243 e. The molecule has 0 radical (unpaired) electrons. The average Bonchev–Trinajstić information content (AvgIpc) is 2.74. The lowest BCUT2D eigenvalue weighted by atomic mass is 10.0. The summed E-state index contributed by atoms with van der Waals surface area (Å²) in [4.78, 5) is 28.4. The van der Waals surface area contributed by atoms with Gasteiger partial charge in [0.05, 0.1) is 11.9 Å². The van der Waals surface area contributed by atoms with E-state index in [4.69, 9.17) is 0 Å². The SMILES string of the molecule is CC[C@@H](C(=O)NC(C)(C)C)N(Cc1ccccc1C)C(=O)CCCN(c1cc(C)cc(C)c1)S(C)(=O)=O. The molecule has 7 nitrogen and oxygen atoms in total. The number of nitrogens with one attached hydrogen (secondary N) is 1. The van der Waals surface area contributed by atoms with Gasteiger partial charge in [-0.2, -0.15) is 0 Å². The molecule has 0 bridgehead atoms. The number of carbonyl (C=O) groups excluding carboxylic acids is 2. The summed E-state index contributed by atoms with van der Waals surface area (Å²) in [6, 6.07) is 12.9. The van der Waals surface area contributed by atoms with Crippen LogP contribution in [-0.4, -0.2) is 49.5 Å². The number of nitrogens with zero attached hydrogens (tertiary/aromatic N) is 2. The summed E-state index contributed by atoms with van der Waals surface area (Å²) >= 11 is 0. The number of carbonyl (C=O) groups is 2. The van der Waals surface area contributed by atoms with Crippen molar-refractivity contribution in [3.8, 4) is 0 Å². The van der Waals surface area contributed by atoms with Crippen LogP contribution >= 0.6 is 0 Å². The molecule has 2 amide bonds. The van der Waals surface area contributed by atoms with E-state index in [0.717, 1.165) is 22.3 Å². The molecule has 0 aliphatic carbocycles. The largest absolute Gasteiger partial charge is 0.350 e. The van der Waals surface area contributed by atoms with Crippen LogP contribution in [-0.2, 0) is 26.2 Å². The lowest BCUT2D eigenvalue weighted by Gasteiger charge is -2.33. The number of hydrogen-bond acceptors (Lipinski definition) is 4. The van der Waals surface area contributed by atoms with Gasteiger partial charge in [-0.05, 0) is 88.8 Å². The van der Waals surface area contributed by atoms with Crippen molar-refractivity contribution in [2.45, 2.75) is 85.9 Å². The minimum absolute atomic E-state index is 0.127. The van der Waals surface area contributed by atoms with Crippen LogP contribution in [0.5, 0.6) is 0 Å². The number of amides is 2.